The minimum atomic E-state index is -4.60. The molecular weight excluding hydrogens is 171 g/mol. The van der Waals surface area contributed by atoms with Crippen LogP contribution in [-0.4, -0.2) is 25.8 Å². The zero-order valence-corrected chi connectivity index (χ0v) is 5.66. The average molecular weight is 178 g/mol. The predicted octanol–water partition coefficient (Wildman–Crippen LogP) is 2.22. The van der Waals surface area contributed by atoms with Crippen molar-refractivity contribution in [2.45, 2.75) is 25.1 Å². The van der Waals surface area contributed by atoms with Gasteiger partial charge < -0.3 is 4.74 Å². The van der Waals surface area contributed by atoms with Crippen LogP contribution >= 0.6 is 0 Å². The Labute approximate surface area is 60.1 Å². The van der Waals surface area contributed by atoms with Crippen molar-refractivity contribution in [1.29, 1.82) is 0 Å². The number of hydrogen-bond acceptors (Lipinski definition) is 1. The van der Waals surface area contributed by atoms with Crippen molar-refractivity contribution in [1.82, 2.24) is 0 Å². The van der Waals surface area contributed by atoms with Gasteiger partial charge in [0.15, 0.2) is 0 Å². The lowest BCUT2D eigenvalue weighted by Gasteiger charge is -2.15. The Morgan fingerprint density at radius 2 is 1.73 bits per heavy atom. The lowest BCUT2D eigenvalue weighted by Crippen LogP contribution is -2.27. The maximum Gasteiger partial charge on any atom is 0.391 e. The second kappa shape index (κ2) is 3.85. The van der Waals surface area contributed by atoms with E-state index in [2.05, 4.69) is 4.74 Å². The summed E-state index contributed by atoms with van der Waals surface area (Å²) in [6, 6.07) is 0. The maximum atomic E-state index is 11.6. The Balaban J connectivity index is 3.88. The Morgan fingerprint density at radius 1 is 1.27 bits per heavy atom. The summed E-state index contributed by atoms with van der Waals surface area (Å²) in [7, 11) is 0.822. The molecule has 6 heteroatoms. The summed E-state index contributed by atoms with van der Waals surface area (Å²) >= 11 is 0. The summed E-state index contributed by atoms with van der Waals surface area (Å²) in [6.45, 7) is 0. The monoisotopic (exact) mass is 178 g/mol. The van der Waals surface area contributed by atoms with Crippen LogP contribution < -0.4 is 0 Å². The van der Waals surface area contributed by atoms with Gasteiger partial charge in [-0.15, -0.1) is 0 Å². The number of methoxy groups -OCH3 is 1. The van der Waals surface area contributed by atoms with E-state index >= 15 is 0 Å². The Hall–Kier alpha value is -0.390. The zero-order valence-electron chi connectivity index (χ0n) is 5.66. The molecule has 0 N–H and O–H groups in total. The van der Waals surface area contributed by atoms with Crippen molar-refractivity contribution in [2.24, 2.45) is 0 Å². The van der Waals surface area contributed by atoms with Gasteiger partial charge in [-0.05, 0) is 0 Å². The molecule has 0 saturated carbocycles. The normalized spacial score (nSPS) is 15.5. The maximum absolute atomic E-state index is 11.6. The second-order valence-corrected chi connectivity index (χ2v) is 1.93. The number of halogens is 5. The van der Waals surface area contributed by atoms with Crippen LogP contribution in [-0.2, 0) is 4.74 Å². The van der Waals surface area contributed by atoms with Gasteiger partial charge in [0.2, 0.25) is 0 Å². The van der Waals surface area contributed by atoms with Crippen molar-refractivity contribution in [3.05, 3.63) is 0 Å². The van der Waals surface area contributed by atoms with Crippen LogP contribution in [0.5, 0.6) is 0 Å². The Morgan fingerprint density at radius 3 is 1.82 bits per heavy atom. The van der Waals surface area contributed by atoms with Gasteiger partial charge in [-0.3, -0.25) is 0 Å². The van der Waals surface area contributed by atoms with E-state index in [1.807, 2.05) is 0 Å². The van der Waals surface area contributed by atoms with Crippen LogP contribution in [0.15, 0.2) is 0 Å². The van der Waals surface area contributed by atoms with Gasteiger partial charge >= 0.3 is 6.18 Å². The summed E-state index contributed by atoms with van der Waals surface area (Å²) in [5, 5.41) is 0. The standard InChI is InChI=1S/C5H7F5O/c1-11-3(4(6)7)2-5(8,9)10/h3-4H,2H2,1H3. The molecule has 0 aromatic rings. The molecule has 68 valence electrons. The molecule has 0 saturated heterocycles. The van der Waals surface area contributed by atoms with Gasteiger partial charge in [-0.2, -0.15) is 13.2 Å². The largest absolute Gasteiger partial charge is 0.391 e. The molecule has 0 aliphatic carbocycles. The zero-order chi connectivity index (χ0) is 9.07. The Bertz CT molecular complexity index is 110. The van der Waals surface area contributed by atoms with Crippen LogP contribution in [0.25, 0.3) is 0 Å². The van der Waals surface area contributed by atoms with E-state index in [1.165, 1.54) is 0 Å². The fourth-order valence-electron chi connectivity index (χ4n) is 0.503. The van der Waals surface area contributed by atoms with Crippen molar-refractivity contribution in [3.8, 4) is 0 Å². The molecule has 0 aromatic heterocycles. The van der Waals surface area contributed by atoms with E-state index in [0.717, 1.165) is 7.11 Å². The highest BCUT2D eigenvalue weighted by molar-refractivity contribution is 4.65. The third-order valence-corrected chi connectivity index (χ3v) is 1.02. The molecule has 1 atom stereocenters. The highest BCUT2D eigenvalue weighted by Crippen LogP contribution is 2.25. The summed E-state index contributed by atoms with van der Waals surface area (Å²) in [5.74, 6) is 0. The third-order valence-electron chi connectivity index (χ3n) is 1.02. The van der Waals surface area contributed by atoms with Gasteiger partial charge in [0.25, 0.3) is 6.43 Å². The lowest BCUT2D eigenvalue weighted by molar-refractivity contribution is -0.175. The topological polar surface area (TPSA) is 9.23 Å². The van der Waals surface area contributed by atoms with Crippen LogP contribution in [0.1, 0.15) is 6.42 Å². The molecule has 0 aliphatic heterocycles. The molecule has 1 nitrogen and oxygen atoms in total. The van der Waals surface area contributed by atoms with Crippen molar-refractivity contribution < 1.29 is 26.7 Å². The van der Waals surface area contributed by atoms with Gasteiger partial charge in [0.05, 0.1) is 6.42 Å². The summed E-state index contributed by atoms with van der Waals surface area (Å²) in [4.78, 5) is 0. The molecule has 0 rings (SSSR count). The molecule has 11 heavy (non-hydrogen) atoms. The second-order valence-electron chi connectivity index (χ2n) is 1.93. The molecule has 0 amide bonds. The summed E-state index contributed by atoms with van der Waals surface area (Å²) in [6.07, 6.45) is -11.4. The van der Waals surface area contributed by atoms with Crippen LogP contribution in [0.4, 0.5) is 22.0 Å². The lowest BCUT2D eigenvalue weighted by atomic mass is 10.2. The fraction of sp³-hybridized carbons (Fsp3) is 1.00. The number of ether oxygens (including phenoxy) is 1. The molecular formula is C5H7F5O. The number of rotatable bonds is 3. The van der Waals surface area contributed by atoms with E-state index in [0.29, 0.717) is 0 Å². The highest BCUT2D eigenvalue weighted by atomic mass is 19.4. The molecule has 0 bridgehead atoms. The molecule has 0 fully saturated rings. The van der Waals surface area contributed by atoms with E-state index in [9.17, 15) is 22.0 Å². The molecule has 0 aromatic carbocycles. The fourth-order valence-corrected chi connectivity index (χ4v) is 0.503. The summed E-state index contributed by atoms with van der Waals surface area (Å²) in [5.41, 5.74) is 0. The van der Waals surface area contributed by atoms with Crippen LogP contribution in [0, 0.1) is 0 Å². The minimum absolute atomic E-state index is 0.822. The van der Waals surface area contributed by atoms with Crippen molar-refractivity contribution in [3.63, 3.8) is 0 Å². The van der Waals surface area contributed by atoms with Crippen molar-refractivity contribution >= 4 is 0 Å². The van der Waals surface area contributed by atoms with Crippen molar-refractivity contribution in [2.75, 3.05) is 7.11 Å². The summed E-state index contributed by atoms with van der Waals surface area (Å²) < 4.78 is 61.4. The number of alkyl halides is 5. The van der Waals surface area contributed by atoms with Gasteiger partial charge in [-0.25, -0.2) is 8.78 Å². The Kier molecular flexibility index (Phi) is 3.71. The smallest absolute Gasteiger partial charge is 0.375 e. The first kappa shape index (κ1) is 10.6. The molecule has 0 spiro atoms. The first-order valence-corrected chi connectivity index (χ1v) is 2.74. The van der Waals surface area contributed by atoms with Gasteiger partial charge in [0.1, 0.15) is 6.10 Å². The van der Waals surface area contributed by atoms with E-state index < -0.39 is 25.1 Å². The number of hydrogen-bond donors (Lipinski definition) is 0. The predicted molar refractivity (Wildman–Crippen MR) is 27.5 cm³/mol. The molecule has 0 radical (unpaired) electrons. The van der Waals surface area contributed by atoms with E-state index in [4.69, 9.17) is 0 Å². The van der Waals surface area contributed by atoms with Gasteiger partial charge in [-0.1, -0.05) is 0 Å². The minimum Gasteiger partial charge on any atom is -0.375 e. The molecule has 0 heterocycles. The van der Waals surface area contributed by atoms with Gasteiger partial charge in [0, 0.05) is 7.11 Å². The first-order valence-electron chi connectivity index (χ1n) is 2.74. The van der Waals surface area contributed by atoms with E-state index in [-0.39, 0.29) is 0 Å². The third kappa shape index (κ3) is 4.94. The average Bonchev–Trinajstić information content (AvgIpc) is 1.80. The van der Waals surface area contributed by atoms with Crippen LogP contribution in [0.3, 0.4) is 0 Å². The van der Waals surface area contributed by atoms with E-state index in [1.54, 1.807) is 0 Å². The molecule has 0 aliphatic rings. The quantitative estimate of drug-likeness (QED) is 0.602. The SMILES string of the molecule is COC(CC(F)(F)F)C(F)F. The first-order chi connectivity index (χ1) is 4.87. The highest BCUT2D eigenvalue weighted by Gasteiger charge is 2.36. The molecule has 1 unspecified atom stereocenters. The van der Waals surface area contributed by atoms with Crippen LogP contribution in [0.2, 0.25) is 0 Å².